The van der Waals surface area contributed by atoms with Crippen molar-refractivity contribution in [2.45, 2.75) is 26.4 Å². The monoisotopic (exact) mass is 360 g/mol. The third kappa shape index (κ3) is 5.13. The van der Waals surface area contributed by atoms with Crippen molar-refractivity contribution in [1.82, 2.24) is 0 Å². The Bertz CT molecular complexity index is 651. The number of rotatable bonds is 7. The minimum atomic E-state index is -4.67. The highest BCUT2D eigenvalue weighted by molar-refractivity contribution is 7.55. The summed E-state index contributed by atoms with van der Waals surface area (Å²) in [6, 6.07) is 5.60. The molecular weight excluding hydrogens is 341 g/mol. The molecule has 1 rings (SSSR count). The molecule has 1 aromatic carbocycles. The fraction of sp³-hybridized carbons (Fsp3) is 0.438. The summed E-state index contributed by atoms with van der Waals surface area (Å²) in [5, 5.41) is 0. The molecule has 0 N–H and O–H groups in total. The van der Waals surface area contributed by atoms with Gasteiger partial charge in [-0.25, -0.2) is 4.79 Å². The maximum atomic E-state index is 14.1. The lowest BCUT2D eigenvalue weighted by atomic mass is 10.1. The van der Waals surface area contributed by atoms with E-state index in [4.69, 9.17) is 4.74 Å². The molecule has 5 nitrogen and oxygen atoms in total. The van der Waals surface area contributed by atoms with Gasteiger partial charge in [0, 0.05) is 5.56 Å². The van der Waals surface area contributed by atoms with Gasteiger partial charge in [-0.1, -0.05) is 5.92 Å². The predicted octanol–water partition coefficient (Wildman–Crippen LogP) is 4.07. The molecule has 0 radical (unpaired) electrons. The molecule has 0 saturated heterocycles. The number of alkyl halides is 2. The van der Waals surface area contributed by atoms with E-state index in [0.29, 0.717) is 0 Å². The Hall–Kier alpha value is -1.74. The third-order valence-corrected chi connectivity index (χ3v) is 4.69. The van der Waals surface area contributed by atoms with Crippen LogP contribution in [-0.2, 0) is 18.3 Å². The first-order chi connectivity index (χ1) is 11.3. The maximum absolute atomic E-state index is 14.1. The van der Waals surface area contributed by atoms with Crippen molar-refractivity contribution < 1.29 is 31.9 Å². The molecule has 0 atom stereocenters. The molecule has 0 bridgehead atoms. The second-order valence-corrected chi connectivity index (χ2v) is 6.50. The van der Waals surface area contributed by atoms with E-state index in [-0.39, 0.29) is 30.9 Å². The first-order valence-electron chi connectivity index (χ1n) is 7.37. The van der Waals surface area contributed by atoms with E-state index in [2.05, 4.69) is 15.0 Å². The summed E-state index contributed by atoms with van der Waals surface area (Å²) in [6.07, 6.45) is 0. The van der Waals surface area contributed by atoms with Crippen LogP contribution in [0, 0.1) is 11.8 Å². The average molecular weight is 360 g/mol. The molecular formula is C16H19F2O5P. The first kappa shape index (κ1) is 20.3. The van der Waals surface area contributed by atoms with E-state index < -0.39 is 19.2 Å². The molecule has 1 aromatic rings. The lowest BCUT2D eigenvalue weighted by molar-refractivity contribution is 0.0526. The minimum Gasteiger partial charge on any atom is -0.462 e. The summed E-state index contributed by atoms with van der Waals surface area (Å²) in [6.45, 7) is 4.39. The van der Waals surface area contributed by atoms with Crippen LogP contribution in [0.15, 0.2) is 24.3 Å². The zero-order chi connectivity index (χ0) is 18.2. The van der Waals surface area contributed by atoms with Gasteiger partial charge in [0.1, 0.15) is 0 Å². The number of hydrogen-bond donors (Lipinski definition) is 0. The van der Waals surface area contributed by atoms with Gasteiger partial charge in [0.25, 0.3) is 0 Å². The summed E-state index contributed by atoms with van der Waals surface area (Å²) in [5.74, 6) is 3.35. The van der Waals surface area contributed by atoms with Crippen molar-refractivity contribution in [3.8, 4) is 11.8 Å². The lowest BCUT2D eigenvalue weighted by Gasteiger charge is -2.21. The average Bonchev–Trinajstić information content (AvgIpc) is 2.54. The van der Waals surface area contributed by atoms with Gasteiger partial charge >= 0.3 is 19.2 Å². The molecule has 0 aromatic heterocycles. The Morgan fingerprint density at radius 2 is 1.62 bits per heavy atom. The van der Waals surface area contributed by atoms with E-state index >= 15 is 0 Å². The number of carbonyl (C=O) groups is 1. The highest BCUT2D eigenvalue weighted by Gasteiger charge is 2.52. The fourth-order valence-electron chi connectivity index (χ4n) is 1.66. The predicted molar refractivity (Wildman–Crippen MR) is 85.1 cm³/mol. The van der Waals surface area contributed by atoms with Gasteiger partial charge in [-0.15, -0.1) is 0 Å². The molecule has 0 aliphatic heterocycles. The van der Waals surface area contributed by atoms with Crippen LogP contribution in [0.4, 0.5) is 8.78 Å². The standard InChI is InChI=1S/C16H19F2O5P/c1-4-21-15(19)14-9-7-13(8-10-14)11-12-16(17,18)24(20,22-5-2)23-6-3/h7-10H,4-6H2,1-3H3. The van der Waals surface area contributed by atoms with Gasteiger partial charge in [0.2, 0.25) is 0 Å². The summed E-state index contributed by atoms with van der Waals surface area (Å²) in [4.78, 5) is 11.5. The third-order valence-electron chi connectivity index (χ3n) is 2.70. The first-order valence-corrected chi connectivity index (χ1v) is 8.91. The summed E-state index contributed by atoms with van der Waals surface area (Å²) < 4.78 is 54.3. The SMILES string of the molecule is CCOC(=O)c1ccc(C#CC(F)(F)P(=O)(OCC)OCC)cc1. The van der Waals surface area contributed by atoms with Crippen LogP contribution in [0.2, 0.25) is 0 Å². The van der Waals surface area contributed by atoms with Crippen molar-refractivity contribution >= 4 is 13.6 Å². The van der Waals surface area contributed by atoms with E-state index in [0.717, 1.165) is 0 Å². The fourth-order valence-corrected chi connectivity index (χ4v) is 2.93. The van der Waals surface area contributed by atoms with Crippen LogP contribution < -0.4 is 0 Å². The Labute approximate surface area is 139 Å². The van der Waals surface area contributed by atoms with Crippen molar-refractivity contribution in [3.63, 3.8) is 0 Å². The van der Waals surface area contributed by atoms with Crippen molar-refractivity contribution in [1.29, 1.82) is 0 Å². The Kier molecular flexibility index (Phi) is 7.56. The number of benzene rings is 1. The minimum absolute atomic E-state index is 0.192. The molecule has 0 spiro atoms. The smallest absolute Gasteiger partial charge is 0.412 e. The second kappa shape index (κ2) is 8.93. The van der Waals surface area contributed by atoms with Crippen molar-refractivity contribution in [2.24, 2.45) is 0 Å². The normalized spacial score (nSPS) is 11.5. The maximum Gasteiger partial charge on any atom is 0.412 e. The van der Waals surface area contributed by atoms with Crippen molar-refractivity contribution in [3.05, 3.63) is 35.4 Å². The Morgan fingerprint density at radius 3 is 2.08 bits per heavy atom. The van der Waals surface area contributed by atoms with Gasteiger partial charge in [0.15, 0.2) is 0 Å². The van der Waals surface area contributed by atoms with Gasteiger partial charge < -0.3 is 13.8 Å². The summed E-state index contributed by atoms with van der Waals surface area (Å²) in [7, 11) is -4.67. The number of hydrogen-bond acceptors (Lipinski definition) is 5. The number of halogens is 2. The van der Waals surface area contributed by atoms with Gasteiger partial charge in [0.05, 0.1) is 25.4 Å². The van der Waals surface area contributed by atoms with Crippen LogP contribution >= 0.6 is 7.60 Å². The van der Waals surface area contributed by atoms with Gasteiger partial charge in [-0.3, -0.25) is 4.57 Å². The molecule has 0 amide bonds. The second-order valence-electron chi connectivity index (χ2n) is 4.42. The molecule has 0 aliphatic carbocycles. The van der Waals surface area contributed by atoms with Crippen LogP contribution in [0.3, 0.4) is 0 Å². The molecule has 0 saturated carbocycles. The largest absolute Gasteiger partial charge is 0.462 e. The van der Waals surface area contributed by atoms with Gasteiger partial charge in [-0.05, 0) is 51.0 Å². The van der Waals surface area contributed by atoms with Crippen molar-refractivity contribution in [2.75, 3.05) is 19.8 Å². The van der Waals surface area contributed by atoms with Gasteiger partial charge in [-0.2, -0.15) is 8.78 Å². The molecule has 0 unspecified atom stereocenters. The van der Waals surface area contributed by atoms with Crippen LogP contribution in [0.25, 0.3) is 0 Å². The summed E-state index contributed by atoms with van der Waals surface area (Å²) >= 11 is 0. The molecule has 0 aliphatic rings. The topological polar surface area (TPSA) is 61.8 Å². The lowest BCUT2D eigenvalue weighted by Crippen LogP contribution is -2.18. The zero-order valence-electron chi connectivity index (χ0n) is 13.7. The van der Waals surface area contributed by atoms with E-state index in [9.17, 15) is 18.1 Å². The molecule has 24 heavy (non-hydrogen) atoms. The molecule has 8 heteroatoms. The highest BCUT2D eigenvalue weighted by Crippen LogP contribution is 2.61. The summed E-state index contributed by atoms with van der Waals surface area (Å²) in [5.41, 5.74) is -3.44. The molecule has 0 heterocycles. The van der Waals surface area contributed by atoms with Crippen LogP contribution in [0.5, 0.6) is 0 Å². The number of esters is 1. The number of ether oxygens (including phenoxy) is 1. The number of carbonyl (C=O) groups excluding carboxylic acids is 1. The Morgan fingerprint density at radius 1 is 1.08 bits per heavy atom. The zero-order valence-corrected chi connectivity index (χ0v) is 14.6. The van der Waals surface area contributed by atoms with E-state index in [1.165, 1.54) is 38.1 Å². The molecule has 0 fully saturated rings. The molecule has 132 valence electrons. The van der Waals surface area contributed by atoms with E-state index in [1.807, 2.05) is 0 Å². The van der Waals surface area contributed by atoms with Crippen LogP contribution in [-0.4, -0.2) is 31.5 Å². The quantitative estimate of drug-likeness (QED) is 0.417. The Balaban J connectivity index is 3.00. The van der Waals surface area contributed by atoms with Crippen LogP contribution in [0.1, 0.15) is 36.7 Å². The van der Waals surface area contributed by atoms with E-state index in [1.54, 1.807) is 12.8 Å². The highest BCUT2D eigenvalue weighted by atomic mass is 31.2.